The lowest BCUT2D eigenvalue weighted by Gasteiger charge is -2.20. The molecule has 1 amide bonds. The second kappa shape index (κ2) is 8.83. The molecule has 3 N–H and O–H groups in total. The Morgan fingerprint density at radius 2 is 1.96 bits per heavy atom. The van der Waals surface area contributed by atoms with E-state index in [-0.39, 0.29) is 12.3 Å². The number of hydrogen-bond acceptors (Lipinski definition) is 5. The van der Waals surface area contributed by atoms with Gasteiger partial charge < -0.3 is 20.4 Å². The predicted molar refractivity (Wildman–Crippen MR) is 89.2 cm³/mol. The minimum atomic E-state index is -0.780. The normalized spacial score (nSPS) is 13.1. The first kappa shape index (κ1) is 17.7. The van der Waals surface area contributed by atoms with Gasteiger partial charge in [0.1, 0.15) is 6.04 Å². The van der Waals surface area contributed by atoms with E-state index in [0.29, 0.717) is 12.1 Å². The van der Waals surface area contributed by atoms with E-state index in [2.05, 4.69) is 20.6 Å². The summed E-state index contributed by atoms with van der Waals surface area (Å²) < 4.78 is 4.78. The Balaban J connectivity index is 2.03. The van der Waals surface area contributed by atoms with Crippen LogP contribution in [-0.2, 0) is 27.2 Å². The molecule has 0 aliphatic heterocycles. The summed E-state index contributed by atoms with van der Waals surface area (Å²) in [6, 6.07) is 8.47. The summed E-state index contributed by atoms with van der Waals surface area (Å²) in [4.78, 5) is 31.4. The number of ether oxygens (including phenoxy) is 1. The molecule has 0 saturated carbocycles. The number of hydrogen-bond donors (Lipinski definition) is 3. The number of nitrogens with one attached hydrogen (secondary N) is 3. The highest BCUT2D eigenvalue weighted by Crippen LogP contribution is 2.05. The van der Waals surface area contributed by atoms with Crippen LogP contribution in [0.5, 0.6) is 0 Å². The van der Waals surface area contributed by atoms with Crippen LogP contribution in [-0.4, -0.2) is 48.1 Å². The van der Waals surface area contributed by atoms with Crippen LogP contribution in [0.1, 0.15) is 11.3 Å². The zero-order valence-corrected chi connectivity index (χ0v) is 13.8. The summed E-state index contributed by atoms with van der Waals surface area (Å²) in [6.07, 6.45) is 4.00. The monoisotopic (exact) mass is 330 g/mol. The molecule has 24 heavy (non-hydrogen) atoms. The Kier molecular flexibility index (Phi) is 6.51. The fourth-order valence-electron chi connectivity index (χ4n) is 2.40. The highest BCUT2D eigenvalue weighted by atomic mass is 16.5. The van der Waals surface area contributed by atoms with Crippen molar-refractivity contribution in [3.8, 4) is 0 Å². The average molecular weight is 330 g/mol. The zero-order chi connectivity index (χ0) is 17.4. The lowest BCUT2D eigenvalue weighted by atomic mass is 10.0. The maximum Gasteiger partial charge on any atom is 0.328 e. The highest BCUT2D eigenvalue weighted by molar-refractivity contribution is 5.87. The van der Waals surface area contributed by atoms with Crippen molar-refractivity contribution in [1.82, 2.24) is 20.6 Å². The number of rotatable bonds is 8. The van der Waals surface area contributed by atoms with Crippen molar-refractivity contribution in [2.75, 3.05) is 14.2 Å². The van der Waals surface area contributed by atoms with E-state index in [1.807, 2.05) is 30.3 Å². The van der Waals surface area contributed by atoms with Gasteiger partial charge in [0, 0.05) is 12.6 Å². The molecule has 0 aliphatic rings. The van der Waals surface area contributed by atoms with E-state index < -0.39 is 18.1 Å². The first-order chi connectivity index (χ1) is 11.6. The summed E-state index contributed by atoms with van der Waals surface area (Å²) in [6.45, 7) is 0. The second-order valence-corrected chi connectivity index (χ2v) is 5.38. The van der Waals surface area contributed by atoms with Gasteiger partial charge in [-0.2, -0.15) is 0 Å². The number of aromatic amines is 1. The molecule has 0 bridgehead atoms. The lowest BCUT2D eigenvalue weighted by molar-refractivity contribution is -0.145. The smallest absolute Gasteiger partial charge is 0.328 e. The molecule has 0 spiro atoms. The molecule has 2 aromatic rings. The zero-order valence-electron chi connectivity index (χ0n) is 13.8. The molecule has 0 fully saturated rings. The Bertz CT molecular complexity index is 643. The minimum absolute atomic E-state index is 0.257. The van der Waals surface area contributed by atoms with Gasteiger partial charge in [-0.1, -0.05) is 30.3 Å². The van der Waals surface area contributed by atoms with Crippen molar-refractivity contribution in [3.05, 3.63) is 54.1 Å². The lowest BCUT2D eigenvalue weighted by Crippen LogP contribution is -2.51. The quantitative estimate of drug-likeness (QED) is 0.611. The topological polar surface area (TPSA) is 96.1 Å². The number of carbonyl (C=O) groups is 2. The number of esters is 1. The molecule has 0 aliphatic carbocycles. The molecule has 2 rings (SSSR count). The molecule has 2 unspecified atom stereocenters. The number of aromatic nitrogens is 2. The van der Waals surface area contributed by atoms with Crippen LogP contribution >= 0.6 is 0 Å². The SMILES string of the molecule is CNC(Cc1ccccc1)C(=O)NC(Cc1c[nH]cn1)C(=O)OC. The summed E-state index contributed by atoms with van der Waals surface area (Å²) in [7, 11) is 3.01. The van der Waals surface area contributed by atoms with Crippen molar-refractivity contribution in [3.63, 3.8) is 0 Å². The first-order valence-electron chi connectivity index (χ1n) is 7.71. The van der Waals surface area contributed by atoms with Crippen LogP contribution in [0.3, 0.4) is 0 Å². The van der Waals surface area contributed by atoms with Crippen LogP contribution < -0.4 is 10.6 Å². The van der Waals surface area contributed by atoms with Crippen molar-refractivity contribution in [2.24, 2.45) is 0 Å². The van der Waals surface area contributed by atoms with Gasteiger partial charge in [0.2, 0.25) is 5.91 Å². The van der Waals surface area contributed by atoms with Gasteiger partial charge >= 0.3 is 5.97 Å². The molecule has 128 valence electrons. The number of amides is 1. The van der Waals surface area contributed by atoms with Gasteiger partial charge in [0.25, 0.3) is 0 Å². The van der Waals surface area contributed by atoms with Gasteiger partial charge in [-0.05, 0) is 19.0 Å². The molecular weight excluding hydrogens is 308 g/mol. The Labute approximate surface area is 140 Å². The molecule has 0 radical (unpaired) electrons. The van der Waals surface area contributed by atoms with Crippen LogP contribution in [0.25, 0.3) is 0 Å². The number of likely N-dealkylation sites (N-methyl/N-ethyl adjacent to an activating group) is 1. The maximum absolute atomic E-state index is 12.5. The number of carbonyl (C=O) groups excluding carboxylic acids is 2. The van der Waals surface area contributed by atoms with E-state index in [0.717, 1.165) is 5.56 Å². The van der Waals surface area contributed by atoms with E-state index >= 15 is 0 Å². The van der Waals surface area contributed by atoms with E-state index in [4.69, 9.17) is 4.74 Å². The maximum atomic E-state index is 12.5. The summed E-state index contributed by atoms with van der Waals surface area (Å²) >= 11 is 0. The van der Waals surface area contributed by atoms with Crippen LogP contribution in [0.4, 0.5) is 0 Å². The standard InChI is InChI=1S/C17H22N4O3/c1-18-14(8-12-6-4-3-5-7-12)16(22)21-15(17(23)24-2)9-13-10-19-11-20-13/h3-7,10-11,14-15,18H,8-9H2,1-2H3,(H,19,20)(H,21,22). The second-order valence-electron chi connectivity index (χ2n) is 5.38. The number of benzene rings is 1. The van der Waals surface area contributed by atoms with Crippen molar-refractivity contribution in [1.29, 1.82) is 0 Å². The largest absolute Gasteiger partial charge is 0.467 e. The van der Waals surface area contributed by atoms with Crippen molar-refractivity contribution >= 4 is 11.9 Å². The van der Waals surface area contributed by atoms with Gasteiger partial charge in [-0.15, -0.1) is 0 Å². The van der Waals surface area contributed by atoms with Crippen LogP contribution in [0.2, 0.25) is 0 Å². The Hall–Kier alpha value is -2.67. The fourth-order valence-corrected chi connectivity index (χ4v) is 2.40. The third-order valence-corrected chi connectivity index (χ3v) is 3.72. The number of nitrogens with zero attached hydrogens (tertiary/aromatic N) is 1. The molecule has 1 aromatic heterocycles. The first-order valence-corrected chi connectivity index (χ1v) is 7.71. The molecule has 1 heterocycles. The summed E-state index contributed by atoms with van der Waals surface area (Å²) in [5.41, 5.74) is 1.71. The number of imidazole rings is 1. The van der Waals surface area contributed by atoms with Gasteiger partial charge in [0.15, 0.2) is 0 Å². The highest BCUT2D eigenvalue weighted by Gasteiger charge is 2.26. The predicted octanol–water partition coefficient (Wildman–Crippen LogP) is 0.441. The van der Waals surface area contributed by atoms with Gasteiger partial charge in [-0.3, -0.25) is 4.79 Å². The molecule has 7 heteroatoms. The minimum Gasteiger partial charge on any atom is -0.467 e. The third kappa shape index (κ3) is 4.92. The third-order valence-electron chi connectivity index (χ3n) is 3.72. The molecular formula is C17H22N4O3. The number of methoxy groups -OCH3 is 1. The molecule has 7 nitrogen and oxygen atoms in total. The molecule has 2 atom stereocenters. The van der Waals surface area contributed by atoms with E-state index in [1.54, 1.807) is 13.2 Å². The van der Waals surface area contributed by atoms with Crippen LogP contribution in [0, 0.1) is 0 Å². The van der Waals surface area contributed by atoms with Crippen molar-refractivity contribution in [2.45, 2.75) is 24.9 Å². The van der Waals surface area contributed by atoms with E-state index in [1.165, 1.54) is 13.4 Å². The van der Waals surface area contributed by atoms with Gasteiger partial charge in [-0.25, -0.2) is 9.78 Å². The molecule has 1 aromatic carbocycles. The van der Waals surface area contributed by atoms with Crippen molar-refractivity contribution < 1.29 is 14.3 Å². The Morgan fingerprint density at radius 1 is 1.21 bits per heavy atom. The summed E-state index contributed by atoms with van der Waals surface area (Å²) in [5.74, 6) is -0.756. The summed E-state index contributed by atoms with van der Waals surface area (Å²) in [5, 5.41) is 5.73. The van der Waals surface area contributed by atoms with Gasteiger partial charge in [0.05, 0.1) is 25.2 Å². The fraction of sp³-hybridized carbons (Fsp3) is 0.353. The number of H-pyrrole nitrogens is 1. The van der Waals surface area contributed by atoms with Crippen LogP contribution in [0.15, 0.2) is 42.9 Å². The Morgan fingerprint density at radius 3 is 2.54 bits per heavy atom. The van der Waals surface area contributed by atoms with E-state index in [9.17, 15) is 9.59 Å². The average Bonchev–Trinajstić information content (AvgIpc) is 3.12. The molecule has 0 saturated heterocycles.